The molecule has 0 saturated heterocycles. The molecule has 5 aromatic rings. The minimum absolute atomic E-state index is 0.122. The summed E-state index contributed by atoms with van der Waals surface area (Å²) in [6.45, 7) is 0. The number of hydrogen-bond donors (Lipinski definition) is 0. The minimum Gasteiger partial charge on any atom is -0.268 e. The highest BCUT2D eigenvalue weighted by Crippen LogP contribution is 2.25. The van der Waals surface area contributed by atoms with Crippen molar-refractivity contribution in [2.24, 2.45) is 0 Å². The van der Waals surface area contributed by atoms with Gasteiger partial charge >= 0.3 is 0 Å². The average molecular weight is 446 g/mol. The first kappa shape index (κ1) is 19.5. The number of halogens is 1. The van der Waals surface area contributed by atoms with E-state index >= 15 is 0 Å². The molecule has 3 aromatic carbocycles. The number of rotatable bonds is 5. The van der Waals surface area contributed by atoms with E-state index in [9.17, 15) is 4.79 Å². The van der Waals surface area contributed by atoms with Gasteiger partial charge in [0.15, 0.2) is 5.16 Å². The number of aromatic nitrogens is 5. The topological polar surface area (TPSA) is 65.6 Å². The predicted molar refractivity (Wildman–Crippen MR) is 123 cm³/mol. The average Bonchev–Trinajstić information content (AvgIpc) is 3.28. The Morgan fingerprint density at radius 3 is 2.42 bits per heavy atom. The third kappa shape index (κ3) is 3.97. The Hall–Kier alpha value is -3.42. The molecule has 2 aromatic heterocycles. The zero-order chi connectivity index (χ0) is 21.2. The van der Waals surface area contributed by atoms with E-state index in [2.05, 4.69) is 10.3 Å². The molecule has 0 atom stereocenters. The van der Waals surface area contributed by atoms with Crippen molar-refractivity contribution in [2.45, 2.75) is 10.9 Å². The predicted octanol–water partition coefficient (Wildman–Crippen LogP) is 4.91. The van der Waals surface area contributed by atoms with Crippen LogP contribution in [-0.2, 0) is 5.75 Å². The Labute approximate surface area is 187 Å². The smallest absolute Gasteiger partial charge is 0.266 e. The molecule has 0 amide bonds. The van der Waals surface area contributed by atoms with Crippen LogP contribution in [0.1, 0.15) is 5.69 Å². The third-order valence-electron chi connectivity index (χ3n) is 4.74. The number of thioether (sulfide) groups is 1. The molecule has 152 valence electrons. The van der Waals surface area contributed by atoms with Gasteiger partial charge in [-0.25, -0.2) is 9.67 Å². The Bertz CT molecular complexity index is 1410. The molecule has 0 aliphatic heterocycles. The highest BCUT2D eigenvalue weighted by atomic mass is 35.5. The van der Waals surface area contributed by atoms with Gasteiger partial charge < -0.3 is 0 Å². The van der Waals surface area contributed by atoms with E-state index in [0.717, 1.165) is 11.4 Å². The van der Waals surface area contributed by atoms with Gasteiger partial charge in [0.25, 0.3) is 5.56 Å². The molecular formula is C23H16ClN5OS. The van der Waals surface area contributed by atoms with Crippen LogP contribution in [-0.4, -0.2) is 24.5 Å². The third-order valence-corrected chi connectivity index (χ3v) is 5.96. The van der Waals surface area contributed by atoms with Gasteiger partial charge in [-0.3, -0.25) is 9.36 Å². The van der Waals surface area contributed by atoms with Gasteiger partial charge in [0, 0.05) is 10.8 Å². The molecule has 5 rings (SSSR count). The fourth-order valence-corrected chi connectivity index (χ4v) is 4.25. The summed E-state index contributed by atoms with van der Waals surface area (Å²) in [7, 11) is 0. The number of para-hydroxylation sites is 2. The Morgan fingerprint density at radius 1 is 0.871 bits per heavy atom. The number of hydrogen-bond acceptors (Lipinski definition) is 5. The summed E-state index contributed by atoms with van der Waals surface area (Å²) in [4.78, 5) is 18.0. The van der Waals surface area contributed by atoms with E-state index in [1.807, 2.05) is 66.9 Å². The van der Waals surface area contributed by atoms with Gasteiger partial charge in [-0.1, -0.05) is 58.9 Å². The molecule has 0 radical (unpaired) electrons. The molecule has 0 unspecified atom stereocenters. The van der Waals surface area contributed by atoms with E-state index in [1.54, 1.807) is 27.4 Å². The number of fused-ring (bicyclic) bond motifs is 1. The first-order valence-corrected chi connectivity index (χ1v) is 10.9. The molecule has 0 bridgehead atoms. The second-order valence-corrected chi connectivity index (χ2v) is 8.19. The van der Waals surface area contributed by atoms with Crippen molar-refractivity contribution >= 4 is 34.3 Å². The van der Waals surface area contributed by atoms with E-state index in [4.69, 9.17) is 16.6 Å². The molecule has 8 heteroatoms. The van der Waals surface area contributed by atoms with Crippen molar-refractivity contribution in [3.8, 4) is 11.4 Å². The van der Waals surface area contributed by atoms with Crippen molar-refractivity contribution in [3.05, 3.63) is 106 Å². The summed E-state index contributed by atoms with van der Waals surface area (Å²) in [6, 6.07) is 24.3. The zero-order valence-corrected chi connectivity index (χ0v) is 17.8. The largest absolute Gasteiger partial charge is 0.268 e. The fourth-order valence-electron chi connectivity index (χ4n) is 3.24. The Morgan fingerprint density at radius 2 is 1.61 bits per heavy atom. The van der Waals surface area contributed by atoms with Crippen LogP contribution in [0, 0.1) is 0 Å². The summed E-state index contributed by atoms with van der Waals surface area (Å²) in [5.41, 5.74) is 2.98. The first-order chi connectivity index (χ1) is 15.2. The highest BCUT2D eigenvalue weighted by molar-refractivity contribution is 7.98. The lowest BCUT2D eigenvalue weighted by Gasteiger charge is -2.13. The minimum atomic E-state index is -0.122. The zero-order valence-electron chi connectivity index (χ0n) is 16.2. The Balaban J connectivity index is 1.52. The lowest BCUT2D eigenvalue weighted by atomic mass is 10.2. The normalized spacial score (nSPS) is 11.1. The molecule has 0 spiro atoms. The maximum absolute atomic E-state index is 13.3. The van der Waals surface area contributed by atoms with Crippen LogP contribution >= 0.6 is 23.4 Å². The van der Waals surface area contributed by atoms with Crippen molar-refractivity contribution in [1.29, 1.82) is 0 Å². The molecular weight excluding hydrogens is 430 g/mol. The first-order valence-electron chi connectivity index (χ1n) is 9.56. The SMILES string of the molecule is O=c1c2ccccc2nc(SCc2cn(-c3ccccc3)nn2)n1-c1ccc(Cl)cc1. The van der Waals surface area contributed by atoms with Crippen molar-refractivity contribution in [1.82, 2.24) is 24.5 Å². The van der Waals surface area contributed by atoms with Gasteiger partial charge in [-0.05, 0) is 48.5 Å². The Kier molecular flexibility index (Phi) is 5.28. The van der Waals surface area contributed by atoms with Gasteiger partial charge in [-0.15, -0.1) is 5.10 Å². The summed E-state index contributed by atoms with van der Waals surface area (Å²) < 4.78 is 3.35. The monoisotopic (exact) mass is 445 g/mol. The summed E-state index contributed by atoms with van der Waals surface area (Å²) in [6.07, 6.45) is 1.88. The standard InChI is InChI=1S/C23H16ClN5OS/c24-16-10-12-19(13-11-16)29-22(30)20-8-4-5-9-21(20)25-23(29)31-15-17-14-28(27-26-17)18-6-2-1-3-7-18/h1-14H,15H2. The second kappa shape index (κ2) is 8.37. The molecule has 0 fully saturated rings. The lowest BCUT2D eigenvalue weighted by molar-refractivity contribution is 0.799. The fraction of sp³-hybridized carbons (Fsp3) is 0.0435. The van der Waals surface area contributed by atoms with E-state index < -0.39 is 0 Å². The summed E-state index contributed by atoms with van der Waals surface area (Å²) in [5, 5.41) is 10.2. The maximum Gasteiger partial charge on any atom is 0.266 e. The van der Waals surface area contributed by atoms with E-state index in [0.29, 0.717) is 32.5 Å². The second-order valence-electron chi connectivity index (χ2n) is 6.81. The van der Waals surface area contributed by atoms with Gasteiger partial charge in [0.05, 0.1) is 34.2 Å². The van der Waals surface area contributed by atoms with Gasteiger partial charge in [-0.2, -0.15) is 0 Å². The quantitative estimate of drug-likeness (QED) is 0.284. The van der Waals surface area contributed by atoms with Gasteiger partial charge in [0.2, 0.25) is 0 Å². The number of nitrogens with zero attached hydrogens (tertiary/aromatic N) is 5. The lowest BCUT2D eigenvalue weighted by Crippen LogP contribution is -2.21. The van der Waals surface area contributed by atoms with Crippen molar-refractivity contribution in [2.75, 3.05) is 0 Å². The molecule has 0 aliphatic rings. The molecule has 0 saturated carbocycles. The van der Waals surface area contributed by atoms with Crippen LogP contribution in [0.15, 0.2) is 95.0 Å². The van der Waals surface area contributed by atoms with Crippen LogP contribution in [0.2, 0.25) is 5.02 Å². The maximum atomic E-state index is 13.3. The molecule has 0 aliphatic carbocycles. The van der Waals surface area contributed by atoms with Crippen molar-refractivity contribution < 1.29 is 0 Å². The summed E-state index contributed by atoms with van der Waals surface area (Å²) >= 11 is 7.48. The number of benzene rings is 3. The molecule has 31 heavy (non-hydrogen) atoms. The molecule has 2 heterocycles. The van der Waals surface area contributed by atoms with Crippen LogP contribution in [0.5, 0.6) is 0 Å². The highest BCUT2D eigenvalue weighted by Gasteiger charge is 2.14. The van der Waals surface area contributed by atoms with Gasteiger partial charge in [0.1, 0.15) is 0 Å². The van der Waals surface area contributed by atoms with E-state index in [1.165, 1.54) is 11.8 Å². The van der Waals surface area contributed by atoms with Crippen LogP contribution in [0.25, 0.3) is 22.3 Å². The molecule has 6 nitrogen and oxygen atoms in total. The van der Waals surface area contributed by atoms with Crippen molar-refractivity contribution in [3.63, 3.8) is 0 Å². The molecule has 0 N–H and O–H groups in total. The summed E-state index contributed by atoms with van der Waals surface area (Å²) in [5.74, 6) is 0.519. The van der Waals surface area contributed by atoms with Crippen LogP contribution < -0.4 is 5.56 Å². The van der Waals surface area contributed by atoms with E-state index in [-0.39, 0.29) is 5.56 Å². The van der Waals surface area contributed by atoms with Crippen LogP contribution in [0.3, 0.4) is 0 Å². The van der Waals surface area contributed by atoms with Crippen LogP contribution in [0.4, 0.5) is 0 Å².